The summed E-state index contributed by atoms with van der Waals surface area (Å²) < 4.78 is 0. The average Bonchev–Trinajstić information content (AvgIpc) is 2.69. The molecule has 16 heavy (non-hydrogen) atoms. The molecule has 1 saturated heterocycles. The van der Waals surface area contributed by atoms with Gasteiger partial charge in [0.1, 0.15) is 0 Å². The molecule has 1 aromatic heterocycles. The van der Waals surface area contributed by atoms with Crippen molar-refractivity contribution in [2.75, 3.05) is 7.05 Å². The van der Waals surface area contributed by atoms with Crippen LogP contribution in [0.15, 0.2) is 24.5 Å². The van der Waals surface area contributed by atoms with Gasteiger partial charge >= 0.3 is 0 Å². The Bertz CT molecular complexity index is 310. The minimum atomic E-state index is 0.593. The second-order valence-corrected chi connectivity index (χ2v) is 4.84. The Morgan fingerprint density at radius 2 is 2.31 bits per heavy atom. The van der Waals surface area contributed by atoms with Gasteiger partial charge in [0.15, 0.2) is 0 Å². The summed E-state index contributed by atoms with van der Waals surface area (Å²) in [4.78, 5) is 6.77. The first-order valence-electron chi connectivity index (χ1n) is 6.44. The van der Waals surface area contributed by atoms with Gasteiger partial charge in [-0.05, 0) is 37.9 Å². The maximum atomic E-state index is 4.22. The molecule has 0 amide bonds. The Kier molecular flexibility index (Phi) is 3.94. The molecule has 2 rings (SSSR count). The molecule has 0 spiro atoms. The molecule has 2 nitrogen and oxygen atoms in total. The SMILES string of the molecule is CCCC[C@@H]1CC[C@@H](c2cccnc2)N1C. The van der Waals surface area contributed by atoms with Crippen LogP contribution in [0, 0.1) is 0 Å². The molecule has 1 aliphatic rings. The van der Waals surface area contributed by atoms with Crippen LogP contribution in [-0.4, -0.2) is 23.0 Å². The van der Waals surface area contributed by atoms with Crippen LogP contribution in [0.25, 0.3) is 0 Å². The monoisotopic (exact) mass is 218 g/mol. The highest BCUT2D eigenvalue weighted by atomic mass is 15.2. The Labute approximate surface area is 98.7 Å². The molecule has 2 heterocycles. The van der Waals surface area contributed by atoms with Crippen LogP contribution in [0.5, 0.6) is 0 Å². The minimum absolute atomic E-state index is 0.593. The zero-order valence-corrected chi connectivity index (χ0v) is 10.4. The fraction of sp³-hybridized carbons (Fsp3) is 0.643. The summed E-state index contributed by atoms with van der Waals surface area (Å²) in [6.45, 7) is 2.27. The summed E-state index contributed by atoms with van der Waals surface area (Å²) >= 11 is 0. The molecule has 2 heteroatoms. The van der Waals surface area contributed by atoms with E-state index in [2.05, 4.69) is 29.9 Å². The van der Waals surface area contributed by atoms with Gasteiger partial charge in [0.2, 0.25) is 0 Å². The Morgan fingerprint density at radius 1 is 1.44 bits per heavy atom. The zero-order valence-electron chi connectivity index (χ0n) is 10.4. The van der Waals surface area contributed by atoms with Gasteiger partial charge < -0.3 is 0 Å². The van der Waals surface area contributed by atoms with Crippen molar-refractivity contribution in [3.05, 3.63) is 30.1 Å². The topological polar surface area (TPSA) is 16.1 Å². The van der Waals surface area contributed by atoms with E-state index in [0.29, 0.717) is 6.04 Å². The highest BCUT2D eigenvalue weighted by Crippen LogP contribution is 2.35. The molecule has 0 radical (unpaired) electrons. The number of nitrogens with zero attached hydrogens (tertiary/aromatic N) is 2. The fourth-order valence-corrected chi connectivity index (χ4v) is 2.77. The molecule has 0 N–H and O–H groups in total. The molecule has 0 bridgehead atoms. The number of unbranched alkanes of at least 4 members (excludes halogenated alkanes) is 1. The summed E-state index contributed by atoms with van der Waals surface area (Å²) in [5.41, 5.74) is 1.38. The molecule has 2 atom stereocenters. The van der Waals surface area contributed by atoms with Crippen LogP contribution < -0.4 is 0 Å². The first kappa shape index (κ1) is 11.6. The first-order chi connectivity index (χ1) is 7.83. The largest absolute Gasteiger partial charge is 0.296 e. The van der Waals surface area contributed by atoms with Gasteiger partial charge in [-0.15, -0.1) is 0 Å². The third-order valence-electron chi connectivity index (χ3n) is 3.80. The standard InChI is InChI=1S/C14H22N2/c1-3-4-7-13-8-9-14(16(13)2)12-6-5-10-15-11-12/h5-6,10-11,13-14H,3-4,7-9H2,1-2H3/t13-,14+/m1/s1. The quantitative estimate of drug-likeness (QED) is 0.770. The van der Waals surface area contributed by atoms with Gasteiger partial charge in [0.25, 0.3) is 0 Å². The molecular formula is C14H22N2. The van der Waals surface area contributed by atoms with E-state index in [-0.39, 0.29) is 0 Å². The Hall–Kier alpha value is -0.890. The molecule has 88 valence electrons. The number of hydrogen-bond acceptors (Lipinski definition) is 2. The van der Waals surface area contributed by atoms with Crippen molar-refractivity contribution in [3.8, 4) is 0 Å². The lowest BCUT2D eigenvalue weighted by Gasteiger charge is -2.25. The summed E-state index contributed by atoms with van der Waals surface area (Å²) in [7, 11) is 2.27. The van der Waals surface area contributed by atoms with E-state index in [1.54, 1.807) is 0 Å². The van der Waals surface area contributed by atoms with Gasteiger partial charge in [-0.1, -0.05) is 25.8 Å². The van der Waals surface area contributed by atoms with E-state index in [9.17, 15) is 0 Å². The minimum Gasteiger partial charge on any atom is -0.296 e. The van der Waals surface area contributed by atoms with E-state index in [1.807, 2.05) is 18.5 Å². The second-order valence-electron chi connectivity index (χ2n) is 4.84. The van der Waals surface area contributed by atoms with E-state index in [1.165, 1.54) is 37.7 Å². The van der Waals surface area contributed by atoms with Crippen LogP contribution in [0.1, 0.15) is 50.6 Å². The Morgan fingerprint density at radius 3 is 3.00 bits per heavy atom. The maximum Gasteiger partial charge on any atom is 0.0363 e. The van der Waals surface area contributed by atoms with E-state index < -0.39 is 0 Å². The van der Waals surface area contributed by atoms with Gasteiger partial charge in [-0.25, -0.2) is 0 Å². The van der Waals surface area contributed by atoms with E-state index in [0.717, 1.165) is 6.04 Å². The van der Waals surface area contributed by atoms with Crippen molar-refractivity contribution >= 4 is 0 Å². The van der Waals surface area contributed by atoms with Crippen LogP contribution in [-0.2, 0) is 0 Å². The lowest BCUT2D eigenvalue weighted by Crippen LogP contribution is -2.27. The van der Waals surface area contributed by atoms with E-state index in [4.69, 9.17) is 0 Å². The maximum absolute atomic E-state index is 4.22. The molecular weight excluding hydrogens is 196 g/mol. The molecule has 0 aliphatic carbocycles. The second kappa shape index (κ2) is 5.44. The predicted octanol–water partition coefficient (Wildman–Crippen LogP) is 3.41. The van der Waals surface area contributed by atoms with Crippen molar-refractivity contribution in [1.82, 2.24) is 9.88 Å². The average molecular weight is 218 g/mol. The zero-order chi connectivity index (χ0) is 11.4. The summed E-state index contributed by atoms with van der Waals surface area (Å²) in [5.74, 6) is 0. The van der Waals surface area contributed by atoms with Crippen LogP contribution >= 0.6 is 0 Å². The third kappa shape index (κ3) is 2.43. The number of pyridine rings is 1. The first-order valence-corrected chi connectivity index (χ1v) is 6.44. The Balaban J connectivity index is 1.99. The normalized spacial score (nSPS) is 26.1. The van der Waals surface area contributed by atoms with Crippen LogP contribution in [0.4, 0.5) is 0 Å². The fourth-order valence-electron chi connectivity index (χ4n) is 2.77. The van der Waals surface area contributed by atoms with Crippen molar-refractivity contribution < 1.29 is 0 Å². The summed E-state index contributed by atoms with van der Waals surface area (Å²) in [6.07, 6.45) is 10.5. The van der Waals surface area contributed by atoms with Gasteiger partial charge in [-0.2, -0.15) is 0 Å². The van der Waals surface area contributed by atoms with Crippen LogP contribution in [0.3, 0.4) is 0 Å². The molecule has 1 fully saturated rings. The number of aromatic nitrogens is 1. The molecule has 0 aromatic carbocycles. The van der Waals surface area contributed by atoms with E-state index >= 15 is 0 Å². The molecule has 0 unspecified atom stereocenters. The van der Waals surface area contributed by atoms with Crippen LogP contribution in [0.2, 0.25) is 0 Å². The summed E-state index contributed by atoms with van der Waals surface area (Å²) in [6, 6.07) is 5.62. The van der Waals surface area contributed by atoms with Gasteiger partial charge in [0, 0.05) is 24.5 Å². The lowest BCUT2D eigenvalue weighted by atomic mass is 10.1. The number of hydrogen-bond donors (Lipinski definition) is 0. The van der Waals surface area contributed by atoms with Gasteiger partial charge in [0.05, 0.1) is 0 Å². The van der Waals surface area contributed by atoms with Crippen molar-refractivity contribution in [3.63, 3.8) is 0 Å². The molecule has 1 aromatic rings. The third-order valence-corrected chi connectivity index (χ3v) is 3.80. The number of likely N-dealkylation sites (tertiary alicyclic amines) is 1. The van der Waals surface area contributed by atoms with Crippen molar-refractivity contribution in [2.45, 2.75) is 51.1 Å². The van der Waals surface area contributed by atoms with Crippen molar-refractivity contribution in [2.24, 2.45) is 0 Å². The highest BCUT2D eigenvalue weighted by molar-refractivity contribution is 5.15. The smallest absolute Gasteiger partial charge is 0.0363 e. The summed E-state index contributed by atoms with van der Waals surface area (Å²) in [5, 5.41) is 0. The molecule has 0 saturated carbocycles. The number of rotatable bonds is 4. The molecule has 1 aliphatic heterocycles. The lowest BCUT2D eigenvalue weighted by molar-refractivity contribution is 0.230. The van der Waals surface area contributed by atoms with Crippen molar-refractivity contribution in [1.29, 1.82) is 0 Å². The highest BCUT2D eigenvalue weighted by Gasteiger charge is 2.30. The predicted molar refractivity (Wildman–Crippen MR) is 67.3 cm³/mol. The van der Waals surface area contributed by atoms with Gasteiger partial charge in [-0.3, -0.25) is 9.88 Å².